The van der Waals surface area contributed by atoms with Gasteiger partial charge in [0.05, 0.1) is 12.1 Å². The van der Waals surface area contributed by atoms with Gasteiger partial charge in [-0.2, -0.15) is 0 Å². The van der Waals surface area contributed by atoms with Gasteiger partial charge in [-0.1, -0.05) is 66.2 Å². The molecule has 10 heteroatoms. The van der Waals surface area contributed by atoms with E-state index in [9.17, 15) is 14.4 Å². The number of carbonyl (C=O) groups is 3. The van der Waals surface area contributed by atoms with E-state index in [1.807, 2.05) is 48.5 Å². The summed E-state index contributed by atoms with van der Waals surface area (Å²) in [6.07, 6.45) is 4.78. The van der Waals surface area contributed by atoms with Crippen LogP contribution >= 0.6 is 23.4 Å². The van der Waals surface area contributed by atoms with Gasteiger partial charge in [-0.3, -0.25) is 19.4 Å². The van der Waals surface area contributed by atoms with E-state index in [1.165, 1.54) is 18.9 Å². The summed E-state index contributed by atoms with van der Waals surface area (Å²) in [4.78, 5) is 44.7. The molecule has 1 atom stereocenters. The summed E-state index contributed by atoms with van der Waals surface area (Å²) in [6, 6.07) is 33.8. The second-order valence-electron chi connectivity index (χ2n) is 9.89. The number of benzene rings is 4. The molecule has 0 saturated heterocycles. The SMILES string of the molecule is COc1ccc(NC(=O)C(Sc2ccc(NC(=O)/C(=C/c3cccnc3)NC(=O)c3ccccc3)cc2)c2ccccc2)cc1Cl. The average molecular weight is 649 g/mol. The molecule has 0 aliphatic heterocycles. The summed E-state index contributed by atoms with van der Waals surface area (Å²) in [5.74, 6) is -0.638. The highest BCUT2D eigenvalue weighted by Crippen LogP contribution is 2.37. The number of methoxy groups -OCH3 is 1. The Bertz CT molecular complexity index is 1840. The van der Waals surface area contributed by atoms with Crippen molar-refractivity contribution in [2.75, 3.05) is 17.7 Å². The lowest BCUT2D eigenvalue weighted by Crippen LogP contribution is -2.30. The van der Waals surface area contributed by atoms with E-state index < -0.39 is 17.1 Å². The molecule has 0 spiro atoms. The fourth-order valence-electron chi connectivity index (χ4n) is 4.37. The summed E-state index contributed by atoms with van der Waals surface area (Å²) in [5.41, 5.74) is 3.00. The van der Waals surface area contributed by atoms with E-state index in [1.54, 1.807) is 85.2 Å². The smallest absolute Gasteiger partial charge is 0.272 e. The largest absolute Gasteiger partial charge is 0.495 e. The predicted octanol–water partition coefficient (Wildman–Crippen LogP) is 7.63. The molecule has 0 bridgehead atoms. The number of rotatable bonds is 11. The van der Waals surface area contributed by atoms with Gasteiger partial charge in [0.2, 0.25) is 5.91 Å². The van der Waals surface area contributed by atoms with Crippen LogP contribution in [0.1, 0.15) is 26.7 Å². The van der Waals surface area contributed by atoms with E-state index in [0.29, 0.717) is 33.3 Å². The highest BCUT2D eigenvalue weighted by atomic mass is 35.5. The predicted molar refractivity (Wildman–Crippen MR) is 183 cm³/mol. The number of hydrogen-bond acceptors (Lipinski definition) is 6. The summed E-state index contributed by atoms with van der Waals surface area (Å²) in [7, 11) is 1.53. The van der Waals surface area contributed by atoms with E-state index in [-0.39, 0.29) is 11.6 Å². The van der Waals surface area contributed by atoms with Gasteiger partial charge in [-0.25, -0.2) is 0 Å². The third-order valence-electron chi connectivity index (χ3n) is 6.65. The lowest BCUT2D eigenvalue weighted by atomic mass is 10.1. The zero-order valence-corrected chi connectivity index (χ0v) is 26.2. The average Bonchev–Trinajstić information content (AvgIpc) is 3.09. The molecule has 0 fully saturated rings. The first-order valence-electron chi connectivity index (χ1n) is 14.1. The molecule has 1 unspecified atom stereocenters. The number of ether oxygens (including phenoxy) is 1. The Kier molecular flexibility index (Phi) is 10.8. The van der Waals surface area contributed by atoms with Crippen LogP contribution in [0.25, 0.3) is 6.08 Å². The Hall–Kier alpha value is -5.38. The number of anilines is 2. The number of carbonyl (C=O) groups excluding carboxylic acids is 3. The van der Waals surface area contributed by atoms with Crippen molar-refractivity contribution in [2.45, 2.75) is 10.1 Å². The van der Waals surface area contributed by atoms with E-state index in [0.717, 1.165) is 10.5 Å². The fourth-order valence-corrected chi connectivity index (χ4v) is 5.66. The molecule has 5 rings (SSSR count). The first-order valence-corrected chi connectivity index (χ1v) is 15.4. The van der Waals surface area contributed by atoms with Crippen molar-refractivity contribution in [3.8, 4) is 5.75 Å². The number of thioether (sulfide) groups is 1. The van der Waals surface area contributed by atoms with Crippen molar-refractivity contribution < 1.29 is 19.1 Å². The van der Waals surface area contributed by atoms with Crippen LogP contribution in [0.4, 0.5) is 11.4 Å². The van der Waals surface area contributed by atoms with Gasteiger partial charge >= 0.3 is 0 Å². The topological polar surface area (TPSA) is 109 Å². The van der Waals surface area contributed by atoms with Crippen LogP contribution in [0.5, 0.6) is 5.75 Å². The third kappa shape index (κ3) is 8.62. The summed E-state index contributed by atoms with van der Waals surface area (Å²) < 4.78 is 5.21. The van der Waals surface area contributed by atoms with Crippen molar-refractivity contribution in [3.05, 3.63) is 155 Å². The van der Waals surface area contributed by atoms with Crippen LogP contribution in [0, 0.1) is 0 Å². The molecule has 46 heavy (non-hydrogen) atoms. The molecule has 1 aromatic heterocycles. The Balaban J connectivity index is 1.31. The highest BCUT2D eigenvalue weighted by Gasteiger charge is 2.23. The molecular formula is C36H29ClN4O4S. The minimum atomic E-state index is -0.579. The quantitative estimate of drug-likeness (QED) is 0.100. The van der Waals surface area contributed by atoms with Crippen LogP contribution in [0.2, 0.25) is 5.02 Å². The Morgan fingerprint density at radius 2 is 1.52 bits per heavy atom. The van der Waals surface area contributed by atoms with E-state index >= 15 is 0 Å². The van der Waals surface area contributed by atoms with Gasteiger partial charge in [0, 0.05) is 34.2 Å². The minimum absolute atomic E-state index is 0.0553. The number of nitrogens with zero attached hydrogens (tertiary/aromatic N) is 1. The maximum atomic E-state index is 13.5. The molecule has 5 aromatic rings. The molecular weight excluding hydrogens is 620 g/mol. The molecule has 0 aliphatic carbocycles. The molecule has 0 saturated carbocycles. The molecule has 0 radical (unpaired) electrons. The van der Waals surface area contributed by atoms with Crippen LogP contribution in [0.3, 0.4) is 0 Å². The molecule has 4 aromatic carbocycles. The number of amides is 3. The summed E-state index contributed by atoms with van der Waals surface area (Å²) >= 11 is 7.63. The maximum Gasteiger partial charge on any atom is 0.272 e. The zero-order chi connectivity index (χ0) is 32.3. The molecule has 1 heterocycles. The Morgan fingerprint density at radius 3 is 2.17 bits per heavy atom. The second-order valence-corrected chi connectivity index (χ2v) is 11.5. The van der Waals surface area contributed by atoms with Crippen molar-refractivity contribution >= 4 is 58.5 Å². The number of nitrogens with one attached hydrogen (secondary N) is 3. The summed E-state index contributed by atoms with van der Waals surface area (Å²) in [5, 5.41) is 8.32. The normalized spacial score (nSPS) is 11.7. The standard InChI is InChI=1S/C36H29ClN4O4S/c1-45-32-19-16-28(22-30(32)37)40-36(44)33(25-10-4-2-5-11-25)46-29-17-14-27(15-18-29)39-35(43)31(21-24-9-8-20-38-23-24)41-34(42)26-12-6-3-7-13-26/h2-23,33H,1H3,(H,39,43)(H,40,44)(H,41,42)/b31-21-. The lowest BCUT2D eigenvalue weighted by molar-refractivity contribution is -0.116. The van der Waals surface area contributed by atoms with Gasteiger partial charge in [-0.05, 0) is 77.9 Å². The molecule has 0 aliphatic rings. The number of hydrogen-bond donors (Lipinski definition) is 3. The lowest BCUT2D eigenvalue weighted by Gasteiger charge is -2.18. The van der Waals surface area contributed by atoms with Gasteiger partial charge in [0.15, 0.2) is 0 Å². The Labute approximate surface area is 275 Å². The van der Waals surface area contributed by atoms with Crippen LogP contribution in [-0.4, -0.2) is 29.8 Å². The monoisotopic (exact) mass is 648 g/mol. The molecule has 230 valence electrons. The van der Waals surface area contributed by atoms with Crippen molar-refractivity contribution in [1.82, 2.24) is 10.3 Å². The molecule has 3 amide bonds. The van der Waals surface area contributed by atoms with Gasteiger partial charge < -0.3 is 20.7 Å². The first-order chi connectivity index (χ1) is 22.4. The molecule has 3 N–H and O–H groups in total. The van der Waals surface area contributed by atoms with E-state index in [4.69, 9.17) is 16.3 Å². The number of halogens is 1. The van der Waals surface area contributed by atoms with Gasteiger partial charge in [0.25, 0.3) is 11.8 Å². The van der Waals surface area contributed by atoms with Crippen LogP contribution in [-0.2, 0) is 9.59 Å². The second kappa shape index (κ2) is 15.6. The number of aromatic nitrogens is 1. The van der Waals surface area contributed by atoms with Crippen molar-refractivity contribution in [2.24, 2.45) is 0 Å². The fraction of sp³-hybridized carbons (Fsp3) is 0.0556. The Morgan fingerprint density at radius 1 is 0.826 bits per heavy atom. The minimum Gasteiger partial charge on any atom is -0.495 e. The van der Waals surface area contributed by atoms with Crippen LogP contribution in [0.15, 0.2) is 138 Å². The maximum absolute atomic E-state index is 13.5. The van der Waals surface area contributed by atoms with Gasteiger partial charge in [-0.15, -0.1) is 11.8 Å². The van der Waals surface area contributed by atoms with E-state index in [2.05, 4.69) is 20.9 Å². The van der Waals surface area contributed by atoms with Crippen molar-refractivity contribution in [1.29, 1.82) is 0 Å². The highest BCUT2D eigenvalue weighted by molar-refractivity contribution is 8.00. The zero-order valence-electron chi connectivity index (χ0n) is 24.6. The first kappa shape index (κ1) is 32.0. The van der Waals surface area contributed by atoms with Gasteiger partial charge in [0.1, 0.15) is 16.7 Å². The number of pyridine rings is 1. The molecule has 8 nitrogen and oxygen atoms in total. The van der Waals surface area contributed by atoms with Crippen LogP contribution < -0.4 is 20.7 Å². The summed E-state index contributed by atoms with van der Waals surface area (Å²) in [6.45, 7) is 0. The third-order valence-corrected chi connectivity index (χ3v) is 8.21. The van der Waals surface area contributed by atoms with Crippen molar-refractivity contribution in [3.63, 3.8) is 0 Å².